The summed E-state index contributed by atoms with van der Waals surface area (Å²) in [6.07, 6.45) is 1.02. The van der Waals surface area contributed by atoms with Crippen LogP contribution < -0.4 is 9.47 Å². The van der Waals surface area contributed by atoms with Crippen molar-refractivity contribution in [1.82, 2.24) is 0 Å². The monoisotopic (exact) mass is 316 g/mol. The second kappa shape index (κ2) is 7.05. The molecule has 5 heteroatoms. The Labute approximate surface area is 135 Å². The highest BCUT2D eigenvalue weighted by molar-refractivity contribution is 5.91. The van der Waals surface area contributed by atoms with Gasteiger partial charge >= 0.3 is 5.97 Å². The van der Waals surface area contributed by atoms with Crippen molar-refractivity contribution in [3.8, 4) is 23.0 Å². The molecule has 0 heterocycles. The summed E-state index contributed by atoms with van der Waals surface area (Å²) in [5, 5.41) is 19.2. The summed E-state index contributed by atoms with van der Waals surface area (Å²) in [6.45, 7) is 4.23. The van der Waals surface area contributed by atoms with Crippen LogP contribution in [0.3, 0.4) is 0 Å². The molecule has 0 amide bonds. The van der Waals surface area contributed by atoms with E-state index in [-0.39, 0.29) is 11.5 Å². The predicted molar refractivity (Wildman–Crippen MR) is 86.4 cm³/mol. The van der Waals surface area contributed by atoms with Gasteiger partial charge in [-0.2, -0.15) is 0 Å². The smallest absolute Gasteiger partial charge is 0.343 e. The number of carbonyl (C=O) groups excluding carboxylic acids is 1. The maximum Gasteiger partial charge on any atom is 0.343 e. The summed E-state index contributed by atoms with van der Waals surface area (Å²) in [7, 11) is 1.34. The Balaban J connectivity index is 2.17. The lowest BCUT2D eigenvalue weighted by Crippen LogP contribution is -2.08. The van der Waals surface area contributed by atoms with Crippen LogP contribution >= 0.6 is 0 Å². The lowest BCUT2D eigenvalue weighted by atomic mass is 9.98. The number of aromatic hydroxyl groups is 2. The summed E-state index contributed by atoms with van der Waals surface area (Å²) < 4.78 is 10.1. The van der Waals surface area contributed by atoms with Crippen molar-refractivity contribution in [1.29, 1.82) is 0 Å². The van der Waals surface area contributed by atoms with Gasteiger partial charge in [-0.25, -0.2) is 4.79 Å². The Morgan fingerprint density at radius 1 is 1.17 bits per heavy atom. The highest BCUT2D eigenvalue weighted by Crippen LogP contribution is 2.39. The van der Waals surface area contributed by atoms with Crippen LogP contribution in [-0.4, -0.2) is 23.3 Å². The Bertz CT molecular complexity index is 691. The largest absolute Gasteiger partial charge is 0.504 e. The van der Waals surface area contributed by atoms with Crippen molar-refractivity contribution in [3.05, 3.63) is 47.5 Å². The summed E-state index contributed by atoms with van der Waals surface area (Å²) in [5.74, 6) is -0.816. The number of phenolic OH excluding ortho intramolecular Hbond substituents is 2. The number of esters is 1. The van der Waals surface area contributed by atoms with Gasteiger partial charge < -0.3 is 19.7 Å². The van der Waals surface area contributed by atoms with Crippen molar-refractivity contribution in [2.75, 3.05) is 7.11 Å². The average Bonchev–Trinajstić information content (AvgIpc) is 2.57. The summed E-state index contributed by atoms with van der Waals surface area (Å²) >= 11 is 0. The maximum atomic E-state index is 12.2. The second-order valence-electron chi connectivity index (χ2n) is 5.31. The molecule has 1 atom stereocenters. The molecule has 0 spiro atoms. The van der Waals surface area contributed by atoms with Crippen LogP contribution in [0.15, 0.2) is 36.4 Å². The van der Waals surface area contributed by atoms with Gasteiger partial charge in [-0.1, -0.05) is 26.0 Å². The summed E-state index contributed by atoms with van der Waals surface area (Å²) in [5.41, 5.74) is 1.57. The van der Waals surface area contributed by atoms with Gasteiger partial charge in [0, 0.05) is 12.1 Å². The minimum absolute atomic E-state index is 0.0277. The van der Waals surface area contributed by atoms with Crippen LogP contribution in [0.5, 0.6) is 23.0 Å². The van der Waals surface area contributed by atoms with E-state index in [1.165, 1.54) is 13.2 Å². The van der Waals surface area contributed by atoms with Crippen molar-refractivity contribution >= 4 is 5.97 Å². The van der Waals surface area contributed by atoms with E-state index in [0.29, 0.717) is 11.5 Å². The first-order valence-electron chi connectivity index (χ1n) is 7.38. The van der Waals surface area contributed by atoms with Gasteiger partial charge in [0.1, 0.15) is 5.75 Å². The fourth-order valence-corrected chi connectivity index (χ4v) is 2.13. The van der Waals surface area contributed by atoms with E-state index in [1.54, 1.807) is 12.1 Å². The van der Waals surface area contributed by atoms with Crippen molar-refractivity contribution in [2.45, 2.75) is 26.2 Å². The molecule has 0 fully saturated rings. The highest BCUT2D eigenvalue weighted by Gasteiger charge is 2.14. The van der Waals surface area contributed by atoms with Gasteiger partial charge in [0.2, 0.25) is 5.75 Å². The SMILES string of the molecule is CCC(C)c1ccc(C(=O)Oc2cc(O)c(O)c(OC)c2)cc1. The Morgan fingerprint density at radius 3 is 2.39 bits per heavy atom. The fraction of sp³-hybridized carbons (Fsp3) is 0.278. The van der Waals surface area contributed by atoms with Crippen LogP contribution in [0.1, 0.15) is 42.1 Å². The number of methoxy groups -OCH3 is 1. The number of hydrogen-bond acceptors (Lipinski definition) is 5. The number of hydrogen-bond donors (Lipinski definition) is 2. The van der Waals surface area contributed by atoms with Crippen LogP contribution in [0.4, 0.5) is 0 Å². The third-order valence-electron chi connectivity index (χ3n) is 3.79. The summed E-state index contributed by atoms with van der Waals surface area (Å²) in [6, 6.07) is 9.71. The lowest BCUT2D eigenvalue weighted by molar-refractivity contribution is 0.0734. The molecular formula is C18H20O5. The average molecular weight is 316 g/mol. The molecule has 0 aromatic heterocycles. The molecule has 2 aromatic carbocycles. The van der Waals surface area contributed by atoms with Crippen LogP contribution in [-0.2, 0) is 0 Å². The van der Waals surface area contributed by atoms with E-state index in [1.807, 2.05) is 12.1 Å². The summed E-state index contributed by atoms with van der Waals surface area (Å²) in [4.78, 5) is 12.2. The molecule has 0 aliphatic heterocycles. The molecular weight excluding hydrogens is 296 g/mol. The number of benzene rings is 2. The number of phenols is 2. The standard InChI is InChI=1S/C18H20O5/c1-4-11(2)12-5-7-13(8-6-12)18(21)23-14-9-15(19)17(20)16(10-14)22-3/h5-11,19-20H,4H2,1-3H3. The van der Waals surface area contributed by atoms with E-state index in [0.717, 1.165) is 18.1 Å². The molecule has 122 valence electrons. The first-order valence-corrected chi connectivity index (χ1v) is 7.38. The van der Waals surface area contributed by atoms with Gasteiger partial charge in [-0.3, -0.25) is 0 Å². The van der Waals surface area contributed by atoms with Gasteiger partial charge in [-0.15, -0.1) is 0 Å². The van der Waals surface area contributed by atoms with Crippen molar-refractivity contribution in [2.24, 2.45) is 0 Å². The molecule has 0 aliphatic carbocycles. The van der Waals surface area contributed by atoms with Gasteiger partial charge in [0.05, 0.1) is 12.7 Å². The number of rotatable bonds is 5. The van der Waals surface area contributed by atoms with E-state index >= 15 is 0 Å². The molecule has 0 radical (unpaired) electrons. The van der Waals surface area contributed by atoms with Gasteiger partial charge in [0.15, 0.2) is 11.5 Å². The number of ether oxygens (including phenoxy) is 2. The van der Waals surface area contributed by atoms with E-state index < -0.39 is 17.5 Å². The molecule has 0 saturated carbocycles. The Kier molecular flexibility index (Phi) is 5.11. The first-order chi connectivity index (χ1) is 11.0. The molecule has 0 bridgehead atoms. The normalized spacial score (nSPS) is 11.8. The molecule has 23 heavy (non-hydrogen) atoms. The number of carbonyl (C=O) groups is 1. The predicted octanol–water partition coefficient (Wildman–Crippen LogP) is 3.84. The van der Waals surface area contributed by atoms with Crippen molar-refractivity contribution in [3.63, 3.8) is 0 Å². The Hall–Kier alpha value is -2.69. The topological polar surface area (TPSA) is 76.0 Å². The molecule has 1 unspecified atom stereocenters. The van der Waals surface area contributed by atoms with Gasteiger partial charge in [0.25, 0.3) is 0 Å². The molecule has 2 rings (SSSR count). The highest BCUT2D eigenvalue weighted by atomic mass is 16.5. The third-order valence-corrected chi connectivity index (χ3v) is 3.79. The molecule has 2 N–H and O–H groups in total. The minimum atomic E-state index is -0.548. The van der Waals surface area contributed by atoms with E-state index in [4.69, 9.17) is 9.47 Å². The first kappa shape index (κ1) is 16.7. The second-order valence-corrected chi connectivity index (χ2v) is 5.31. The molecule has 0 saturated heterocycles. The zero-order chi connectivity index (χ0) is 17.0. The molecule has 0 aliphatic rings. The van der Waals surface area contributed by atoms with E-state index in [2.05, 4.69) is 13.8 Å². The van der Waals surface area contributed by atoms with Crippen LogP contribution in [0, 0.1) is 0 Å². The van der Waals surface area contributed by atoms with Crippen LogP contribution in [0.25, 0.3) is 0 Å². The quantitative estimate of drug-likeness (QED) is 0.498. The third kappa shape index (κ3) is 3.74. The zero-order valence-corrected chi connectivity index (χ0v) is 13.4. The lowest BCUT2D eigenvalue weighted by Gasteiger charge is -2.11. The van der Waals surface area contributed by atoms with E-state index in [9.17, 15) is 15.0 Å². The van der Waals surface area contributed by atoms with Crippen LogP contribution in [0.2, 0.25) is 0 Å². The Morgan fingerprint density at radius 2 is 1.83 bits per heavy atom. The zero-order valence-electron chi connectivity index (χ0n) is 13.4. The molecule has 2 aromatic rings. The van der Waals surface area contributed by atoms with Gasteiger partial charge in [-0.05, 0) is 30.0 Å². The van der Waals surface area contributed by atoms with Crippen molar-refractivity contribution < 1.29 is 24.5 Å². The fourth-order valence-electron chi connectivity index (χ4n) is 2.13. The maximum absolute atomic E-state index is 12.2. The minimum Gasteiger partial charge on any atom is -0.504 e. The molecule has 5 nitrogen and oxygen atoms in total.